The van der Waals surface area contributed by atoms with Crippen LogP contribution in [0.15, 0.2) is 22.7 Å². The summed E-state index contributed by atoms with van der Waals surface area (Å²) in [7, 11) is 0. The molecular weight excluding hydrogens is 250 g/mol. The predicted molar refractivity (Wildman–Crippen MR) is 67.9 cm³/mol. The molecule has 0 spiro atoms. The Morgan fingerprint density at radius 2 is 2.27 bits per heavy atom. The summed E-state index contributed by atoms with van der Waals surface area (Å²) in [5, 5.41) is 3.60. The molecule has 0 amide bonds. The zero-order valence-electron chi connectivity index (χ0n) is 9.39. The fraction of sp³-hybridized carbons (Fsp3) is 0.538. The lowest BCUT2D eigenvalue weighted by atomic mass is 10.1. The van der Waals surface area contributed by atoms with Crippen molar-refractivity contribution in [2.75, 3.05) is 0 Å². The average Bonchev–Trinajstić information content (AvgIpc) is 2.95. The molecule has 2 rings (SSSR count). The molecule has 0 aromatic heterocycles. The maximum atomic E-state index is 3.61. The summed E-state index contributed by atoms with van der Waals surface area (Å²) in [6.07, 6.45) is 2.67. The fourth-order valence-electron chi connectivity index (χ4n) is 1.99. The van der Waals surface area contributed by atoms with Gasteiger partial charge in [0.15, 0.2) is 0 Å². The maximum absolute atomic E-state index is 3.61. The first-order chi connectivity index (χ1) is 7.20. The monoisotopic (exact) mass is 267 g/mol. The molecule has 1 aliphatic rings. The number of halogens is 1. The van der Waals surface area contributed by atoms with Crippen LogP contribution in [0.3, 0.4) is 0 Å². The van der Waals surface area contributed by atoms with Gasteiger partial charge in [0.05, 0.1) is 0 Å². The van der Waals surface area contributed by atoms with Crippen LogP contribution >= 0.6 is 15.9 Å². The highest BCUT2D eigenvalue weighted by Crippen LogP contribution is 2.33. The molecule has 0 bridgehead atoms. The molecule has 2 atom stereocenters. The summed E-state index contributed by atoms with van der Waals surface area (Å²) >= 11 is 3.61. The molecule has 82 valence electrons. The van der Waals surface area contributed by atoms with E-state index in [1.807, 2.05) is 0 Å². The van der Waals surface area contributed by atoms with Crippen LogP contribution < -0.4 is 5.32 Å². The van der Waals surface area contributed by atoms with Crippen molar-refractivity contribution < 1.29 is 0 Å². The lowest BCUT2D eigenvalue weighted by Gasteiger charge is -2.07. The molecule has 1 N–H and O–H groups in total. The predicted octanol–water partition coefficient (Wildman–Crippen LogP) is 3.65. The third-order valence-corrected chi connectivity index (χ3v) is 3.95. The first-order valence-corrected chi connectivity index (χ1v) is 6.48. The summed E-state index contributed by atoms with van der Waals surface area (Å²) in [5.41, 5.74) is 2.67. The van der Waals surface area contributed by atoms with Crippen molar-refractivity contribution in [1.82, 2.24) is 5.32 Å². The number of aryl methyl sites for hydroxylation is 1. The van der Waals surface area contributed by atoms with Crippen molar-refractivity contribution in [3.8, 4) is 0 Å². The van der Waals surface area contributed by atoms with Gasteiger partial charge in [-0.3, -0.25) is 0 Å². The largest absolute Gasteiger partial charge is 0.310 e. The van der Waals surface area contributed by atoms with E-state index >= 15 is 0 Å². The van der Waals surface area contributed by atoms with Crippen LogP contribution in [0, 0.1) is 12.8 Å². The number of benzene rings is 1. The van der Waals surface area contributed by atoms with Crippen molar-refractivity contribution >= 4 is 15.9 Å². The smallest absolute Gasteiger partial charge is 0.0222 e. The van der Waals surface area contributed by atoms with Crippen LogP contribution in [0.5, 0.6) is 0 Å². The average molecular weight is 268 g/mol. The van der Waals surface area contributed by atoms with E-state index in [2.05, 4.69) is 53.3 Å². The Labute approximate surface area is 100 Å². The topological polar surface area (TPSA) is 12.0 Å². The Morgan fingerprint density at radius 3 is 2.87 bits per heavy atom. The van der Waals surface area contributed by atoms with Gasteiger partial charge in [-0.05, 0) is 36.5 Å². The Hall–Kier alpha value is -0.340. The third kappa shape index (κ3) is 2.82. The summed E-state index contributed by atoms with van der Waals surface area (Å²) in [6, 6.07) is 7.33. The van der Waals surface area contributed by atoms with Gasteiger partial charge in [0.1, 0.15) is 0 Å². The van der Waals surface area contributed by atoms with Crippen LogP contribution in [0.2, 0.25) is 0 Å². The minimum absolute atomic E-state index is 0.767. The molecule has 1 aromatic rings. The summed E-state index contributed by atoms with van der Waals surface area (Å²) < 4.78 is 1.23. The van der Waals surface area contributed by atoms with E-state index in [4.69, 9.17) is 0 Å². The molecule has 0 aliphatic heterocycles. The standard InChI is InChI=1S/C13H18BrN/c1-3-10-7-13(10)15-8-11-5-4-9(2)6-12(11)14/h4-6,10,13,15H,3,7-8H2,1-2H3. The second-order valence-electron chi connectivity index (χ2n) is 4.49. The molecule has 2 heteroatoms. The Kier molecular flexibility index (Phi) is 3.47. The van der Waals surface area contributed by atoms with Crippen molar-refractivity contribution in [3.05, 3.63) is 33.8 Å². The van der Waals surface area contributed by atoms with Crippen LogP contribution in [0.25, 0.3) is 0 Å². The normalized spacial score (nSPS) is 24.2. The summed E-state index contributed by atoms with van der Waals surface area (Å²) in [5.74, 6) is 0.925. The number of hydrogen-bond donors (Lipinski definition) is 1. The molecule has 1 aliphatic carbocycles. The van der Waals surface area contributed by atoms with Gasteiger partial charge < -0.3 is 5.32 Å². The second kappa shape index (κ2) is 4.67. The van der Waals surface area contributed by atoms with Gasteiger partial charge in [0.2, 0.25) is 0 Å². The molecule has 15 heavy (non-hydrogen) atoms. The third-order valence-electron chi connectivity index (χ3n) is 3.21. The van der Waals surface area contributed by atoms with Gasteiger partial charge >= 0.3 is 0 Å². The highest BCUT2D eigenvalue weighted by Gasteiger charge is 2.34. The molecule has 2 unspecified atom stereocenters. The molecule has 1 aromatic carbocycles. The molecule has 1 fully saturated rings. The van der Waals surface area contributed by atoms with Gasteiger partial charge in [-0.2, -0.15) is 0 Å². The van der Waals surface area contributed by atoms with Crippen LogP contribution in [-0.2, 0) is 6.54 Å². The Balaban J connectivity index is 1.88. The van der Waals surface area contributed by atoms with Crippen molar-refractivity contribution in [1.29, 1.82) is 0 Å². The second-order valence-corrected chi connectivity index (χ2v) is 5.34. The highest BCUT2D eigenvalue weighted by atomic mass is 79.9. The molecule has 0 saturated heterocycles. The minimum atomic E-state index is 0.767. The fourth-order valence-corrected chi connectivity index (χ4v) is 2.62. The molecule has 1 saturated carbocycles. The molecule has 0 heterocycles. The summed E-state index contributed by atoms with van der Waals surface area (Å²) in [6.45, 7) is 5.38. The van der Waals surface area contributed by atoms with E-state index in [0.717, 1.165) is 18.5 Å². The van der Waals surface area contributed by atoms with Gasteiger partial charge in [0.25, 0.3) is 0 Å². The number of rotatable bonds is 4. The van der Waals surface area contributed by atoms with Crippen molar-refractivity contribution in [2.24, 2.45) is 5.92 Å². The SMILES string of the molecule is CCC1CC1NCc1ccc(C)cc1Br. The van der Waals surface area contributed by atoms with E-state index in [0.29, 0.717) is 0 Å². The number of hydrogen-bond acceptors (Lipinski definition) is 1. The quantitative estimate of drug-likeness (QED) is 0.879. The van der Waals surface area contributed by atoms with E-state index in [1.165, 1.54) is 28.4 Å². The number of nitrogens with one attached hydrogen (secondary N) is 1. The van der Waals surface area contributed by atoms with Crippen molar-refractivity contribution in [2.45, 2.75) is 39.3 Å². The molecule has 1 nitrogen and oxygen atoms in total. The van der Waals surface area contributed by atoms with Crippen LogP contribution in [-0.4, -0.2) is 6.04 Å². The van der Waals surface area contributed by atoms with Gasteiger partial charge in [-0.1, -0.05) is 41.4 Å². The van der Waals surface area contributed by atoms with E-state index < -0.39 is 0 Å². The first-order valence-electron chi connectivity index (χ1n) is 5.69. The van der Waals surface area contributed by atoms with Gasteiger partial charge in [-0.15, -0.1) is 0 Å². The zero-order valence-corrected chi connectivity index (χ0v) is 11.0. The zero-order chi connectivity index (χ0) is 10.8. The van der Waals surface area contributed by atoms with E-state index in [-0.39, 0.29) is 0 Å². The Bertz CT molecular complexity index is 348. The van der Waals surface area contributed by atoms with E-state index in [9.17, 15) is 0 Å². The lowest BCUT2D eigenvalue weighted by Crippen LogP contribution is -2.17. The maximum Gasteiger partial charge on any atom is 0.0222 e. The van der Waals surface area contributed by atoms with Crippen LogP contribution in [0.1, 0.15) is 30.9 Å². The molecular formula is C13H18BrN. The lowest BCUT2D eigenvalue weighted by molar-refractivity contribution is 0.622. The Morgan fingerprint density at radius 1 is 1.47 bits per heavy atom. The highest BCUT2D eigenvalue weighted by molar-refractivity contribution is 9.10. The minimum Gasteiger partial charge on any atom is -0.310 e. The summed E-state index contributed by atoms with van der Waals surface area (Å²) in [4.78, 5) is 0. The molecule has 0 radical (unpaired) electrons. The van der Waals surface area contributed by atoms with Gasteiger partial charge in [-0.25, -0.2) is 0 Å². The van der Waals surface area contributed by atoms with Crippen LogP contribution in [0.4, 0.5) is 0 Å². The van der Waals surface area contributed by atoms with Gasteiger partial charge in [0, 0.05) is 17.1 Å². The van der Waals surface area contributed by atoms with E-state index in [1.54, 1.807) is 0 Å². The first kappa shape index (κ1) is 11.2. The van der Waals surface area contributed by atoms with Crippen molar-refractivity contribution in [3.63, 3.8) is 0 Å².